The molecule has 5 nitrogen and oxygen atoms in total. The molecule has 158 valence electrons. The van der Waals surface area contributed by atoms with Gasteiger partial charge < -0.3 is 14.7 Å². The van der Waals surface area contributed by atoms with Gasteiger partial charge in [0, 0.05) is 5.56 Å². The predicted octanol–water partition coefficient (Wildman–Crippen LogP) is 4.22. The van der Waals surface area contributed by atoms with E-state index in [1.165, 1.54) is 11.3 Å². The van der Waals surface area contributed by atoms with E-state index in [1.54, 1.807) is 0 Å². The molecule has 7 heteroatoms. The molecule has 28 heavy (non-hydrogen) atoms. The lowest BCUT2D eigenvalue weighted by atomic mass is 9.78. The Morgan fingerprint density at radius 3 is 1.79 bits per heavy atom. The third kappa shape index (κ3) is 7.28. The molecule has 0 spiro atoms. The predicted molar refractivity (Wildman–Crippen MR) is 120 cm³/mol. The summed E-state index contributed by atoms with van der Waals surface area (Å²) in [5.41, 5.74) is 2.20. The first-order valence-electron chi connectivity index (χ1n) is 9.39. The average Bonchev–Trinajstić information content (AvgIpc) is 2.91. The SMILES string of the molecule is CC(C)(C)c1cc(-c2n[nH]c(=S)s2)cc(C(C)(C)C)c1[O-].C[N+](C)(C)CCO. The molecule has 0 aliphatic carbocycles. The van der Waals surface area contributed by atoms with Gasteiger partial charge in [-0.25, -0.2) is 0 Å². The van der Waals surface area contributed by atoms with Crippen LogP contribution in [0.3, 0.4) is 0 Å². The highest BCUT2D eigenvalue weighted by molar-refractivity contribution is 7.73. The molecule has 0 unspecified atom stereocenters. The van der Waals surface area contributed by atoms with E-state index in [1.807, 2.05) is 12.1 Å². The van der Waals surface area contributed by atoms with Crippen LogP contribution in [0.2, 0.25) is 0 Å². The minimum absolute atomic E-state index is 0.137. The van der Waals surface area contributed by atoms with E-state index >= 15 is 0 Å². The normalized spacial score (nSPS) is 12.5. The molecule has 2 aromatic rings. The van der Waals surface area contributed by atoms with Crippen molar-refractivity contribution in [1.82, 2.24) is 10.2 Å². The van der Waals surface area contributed by atoms with E-state index in [9.17, 15) is 5.11 Å². The van der Waals surface area contributed by atoms with Crippen LogP contribution in [0.25, 0.3) is 10.6 Å². The minimum atomic E-state index is -0.204. The van der Waals surface area contributed by atoms with Crippen molar-refractivity contribution in [2.24, 2.45) is 0 Å². The van der Waals surface area contributed by atoms with E-state index in [0.29, 0.717) is 3.95 Å². The van der Waals surface area contributed by atoms with Crippen molar-refractivity contribution in [3.8, 4) is 16.3 Å². The van der Waals surface area contributed by atoms with E-state index in [-0.39, 0.29) is 23.2 Å². The minimum Gasteiger partial charge on any atom is -0.872 e. The van der Waals surface area contributed by atoms with Gasteiger partial charge in [-0.15, -0.1) is 5.75 Å². The smallest absolute Gasteiger partial charge is 0.176 e. The standard InChI is InChI=1S/C16H22N2OS2.C5H14NO/c1-15(2,3)10-7-9(13-17-18-14(20)21-13)8-11(12(10)19)16(4,5)6;1-6(2,3)4-5-7/h7-8,19H,1-6H3,(H,18,20);7H,4-5H2,1-3H3/q;+1/p-1. The molecule has 0 fully saturated rings. The van der Waals surface area contributed by atoms with Gasteiger partial charge in [0.05, 0.1) is 27.7 Å². The van der Waals surface area contributed by atoms with Crippen molar-refractivity contribution in [2.45, 2.75) is 52.4 Å². The number of likely N-dealkylation sites (N-methyl/N-ethyl adjacent to an activating group) is 1. The molecule has 2 N–H and O–H groups in total. The Labute approximate surface area is 178 Å². The Bertz CT molecular complexity index is 800. The largest absolute Gasteiger partial charge is 0.872 e. The van der Waals surface area contributed by atoms with E-state index in [2.05, 4.69) is 72.9 Å². The van der Waals surface area contributed by atoms with Gasteiger partial charge in [-0.1, -0.05) is 52.9 Å². The fourth-order valence-electron chi connectivity index (χ4n) is 2.52. The second-order valence-corrected chi connectivity index (χ2v) is 11.7. The summed E-state index contributed by atoms with van der Waals surface area (Å²) in [5, 5.41) is 29.1. The molecule has 0 aliphatic heterocycles. The van der Waals surface area contributed by atoms with Gasteiger partial charge in [0.15, 0.2) is 3.95 Å². The quantitative estimate of drug-likeness (QED) is 0.570. The Kier molecular flexibility index (Phi) is 7.98. The molecule has 0 aliphatic rings. The number of aliphatic hydroxyl groups excluding tert-OH is 1. The van der Waals surface area contributed by atoms with Crippen LogP contribution in [0.1, 0.15) is 52.7 Å². The zero-order valence-electron chi connectivity index (χ0n) is 18.6. The van der Waals surface area contributed by atoms with Gasteiger partial charge in [0.1, 0.15) is 11.6 Å². The molecule has 1 heterocycles. The second kappa shape index (κ2) is 9.03. The molecular formula is C21H35N3O2S2. The highest BCUT2D eigenvalue weighted by Gasteiger charge is 2.23. The highest BCUT2D eigenvalue weighted by Crippen LogP contribution is 2.40. The van der Waals surface area contributed by atoms with Gasteiger partial charge in [-0.3, -0.25) is 5.10 Å². The monoisotopic (exact) mass is 425 g/mol. The first kappa shape index (κ1) is 24.8. The molecule has 0 radical (unpaired) electrons. The fraction of sp³-hybridized carbons (Fsp3) is 0.619. The van der Waals surface area contributed by atoms with Crippen LogP contribution in [0.4, 0.5) is 0 Å². The molecule has 0 saturated heterocycles. The number of rotatable bonds is 3. The second-order valence-electron chi connectivity index (χ2n) is 10.1. The summed E-state index contributed by atoms with van der Waals surface area (Å²) in [6, 6.07) is 3.91. The van der Waals surface area contributed by atoms with E-state index < -0.39 is 0 Å². The molecule has 0 bridgehead atoms. The Balaban J connectivity index is 0.000000480. The molecule has 2 rings (SSSR count). The Hall–Kier alpha value is -1.28. The summed E-state index contributed by atoms with van der Waals surface area (Å²) in [7, 11) is 6.16. The first-order chi connectivity index (χ1) is 12.6. The van der Waals surface area contributed by atoms with E-state index in [4.69, 9.17) is 17.3 Å². The highest BCUT2D eigenvalue weighted by atomic mass is 32.1. The zero-order chi connectivity index (χ0) is 21.9. The molecule has 1 aromatic heterocycles. The molecule has 1 aromatic carbocycles. The van der Waals surface area contributed by atoms with Gasteiger partial charge >= 0.3 is 0 Å². The fourth-order valence-corrected chi connectivity index (χ4v) is 3.40. The number of nitrogens with one attached hydrogen (secondary N) is 1. The summed E-state index contributed by atoms with van der Waals surface area (Å²) in [6.07, 6.45) is 0. The Morgan fingerprint density at radius 2 is 1.54 bits per heavy atom. The average molecular weight is 426 g/mol. The van der Waals surface area contributed by atoms with Gasteiger partial charge in [0.25, 0.3) is 0 Å². The molecule has 0 amide bonds. The Morgan fingerprint density at radius 1 is 1.07 bits per heavy atom. The maximum atomic E-state index is 12.8. The lowest BCUT2D eigenvalue weighted by Crippen LogP contribution is -2.36. The summed E-state index contributed by atoms with van der Waals surface area (Å²) >= 11 is 6.54. The number of aromatic nitrogens is 2. The van der Waals surface area contributed by atoms with Crippen molar-refractivity contribution in [2.75, 3.05) is 34.3 Å². The lowest BCUT2D eigenvalue weighted by molar-refractivity contribution is -0.870. The van der Waals surface area contributed by atoms with Crippen LogP contribution in [-0.2, 0) is 10.8 Å². The third-order valence-corrected chi connectivity index (χ3v) is 5.30. The van der Waals surface area contributed by atoms with Gasteiger partial charge in [-0.2, -0.15) is 5.10 Å². The van der Waals surface area contributed by atoms with Crippen molar-refractivity contribution < 1.29 is 14.7 Å². The van der Waals surface area contributed by atoms with Crippen molar-refractivity contribution in [3.05, 3.63) is 27.2 Å². The number of aliphatic hydroxyl groups is 1. The van der Waals surface area contributed by atoms with Crippen LogP contribution in [0, 0.1) is 3.95 Å². The number of quaternary nitrogens is 1. The van der Waals surface area contributed by atoms with Gasteiger partial charge in [-0.05, 0) is 46.3 Å². The van der Waals surface area contributed by atoms with Crippen LogP contribution in [0.15, 0.2) is 12.1 Å². The third-order valence-electron chi connectivity index (χ3n) is 4.16. The lowest BCUT2D eigenvalue weighted by Gasteiger charge is -2.33. The number of hydrogen-bond donors (Lipinski definition) is 2. The maximum absolute atomic E-state index is 12.8. The number of H-pyrrole nitrogens is 1. The van der Waals surface area contributed by atoms with Crippen molar-refractivity contribution in [1.29, 1.82) is 0 Å². The number of aromatic amines is 1. The molecular weight excluding hydrogens is 390 g/mol. The number of benzene rings is 1. The first-order valence-corrected chi connectivity index (χ1v) is 10.6. The van der Waals surface area contributed by atoms with Crippen molar-refractivity contribution in [3.63, 3.8) is 0 Å². The molecule has 0 saturated carbocycles. The summed E-state index contributed by atoms with van der Waals surface area (Å²) in [6.45, 7) is 13.5. The molecule has 0 atom stereocenters. The zero-order valence-corrected chi connectivity index (χ0v) is 20.3. The van der Waals surface area contributed by atoms with E-state index in [0.717, 1.165) is 32.7 Å². The van der Waals surface area contributed by atoms with Crippen LogP contribution >= 0.6 is 23.6 Å². The number of nitrogens with zero attached hydrogens (tertiary/aromatic N) is 2. The summed E-state index contributed by atoms with van der Waals surface area (Å²) < 4.78 is 1.49. The summed E-state index contributed by atoms with van der Waals surface area (Å²) in [4.78, 5) is 0. The topological polar surface area (TPSA) is 72.0 Å². The van der Waals surface area contributed by atoms with Crippen LogP contribution < -0.4 is 5.11 Å². The van der Waals surface area contributed by atoms with Crippen LogP contribution in [-0.4, -0.2) is 54.1 Å². The van der Waals surface area contributed by atoms with Crippen molar-refractivity contribution >= 4 is 23.6 Å². The van der Waals surface area contributed by atoms with Crippen LogP contribution in [0.5, 0.6) is 5.75 Å². The summed E-state index contributed by atoms with van der Waals surface area (Å²) in [5.74, 6) is 0.137. The maximum Gasteiger partial charge on any atom is 0.176 e. The number of hydrogen-bond acceptors (Lipinski definition) is 5. The van der Waals surface area contributed by atoms with Gasteiger partial charge in [0.2, 0.25) is 0 Å².